The van der Waals surface area contributed by atoms with E-state index < -0.39 is 11.7 Å². The largest absolute Gasteiger partial charge is 0.416 e. The summed E-state index contributed by atoms with van der Waals surface area (Å²) in [5, 5.41) is 0. The third-order valence-electron chi connectivity index (χ3n) is 4.78. The van der Waals surface area contributed by atoms with E-state index in [1.54, 1.807) is 4.90 Å². The van der Waals surface area contributed by atoms with Crippen molar-refractivity contribution < 1.29 is 18.0 Å². The van der Waals surface area contributed by atoms with Crippen LogP contribution in [0.15, 0.2) is 40.5 Å². The van der Waals surface area contributed by atoms with Gasteiger partial charge in [0.1, 0.15) is 0 Å². The van der Waals surface area contributed by atoms with E-state index in [2.05, 4.69) is 35.9 Å². The van der Waals surface area contributed by atoms with Crippen molar-refractivity contribution in [3.8, 4) is 0 Å². The molecule has 0 aromatic heterocycles. The predicted molar refractivity (Wildman–Crippen MR) is 98.2 cm³/mol. The highest BCUT2D eigenvalue weighted by molar-refractivity contribution is 14.1. The zero-order valence-corrected chi connectivity index (χ0v) is 15.9. The summed E-state index contributed by atoms with van der Waals surface area (Å²) in [5.74, 6) is 0.522. The number of amides is 1. The molecular formula is C17H16F3IN4O. The van der Waals surface area contributed by atoms with Crippen LogP contribution < -0.4 is 0 Å². The monoisotopic (exact) mass is 476 g/mol. The van der Waals surface area contributed by atoms with Gasteiger partial charge in [-0.2, -0.15) is 13.2 Å². The fourth-order valence-corrected chi connectivity index (χ4v) is 4.09. The van der Waals surface area contributed by atoms with Crippen molar-refractivity contribution in [3.63, 3.8) is 0 Å². The van der Waals surface area contributed by atoms with Gasteiger partial charge in [0.25, 0.3) is 5.91 Å². The number of guanidine groups is 1. The molecule has 4 rings (SSSR count). The Morgan fingerprint density at radius 1 is 1.15 bits per heavy atom. The second-order valence-electron chi connectivity index (χ2n) is 6.44. The first-order valence-corrected chi connectivity index (χ1v) is 9.24. The van der Waals surface area contributed by atoms with Crippen molar-refractivity contribution in [2.75, 3.05) is 26.2 Å². The second-order valence-corrected chi connectivity index (χ2v) is 7.80. The molecule has 0 radical (unpaired) electrons. The Morgan fingerprint density at radius 2 is 1.88 bits per heavy atom. The van der Waals surface area contributed by atoms with Gasteiger partial charge in [-0.05, 0) is 17.7 Å². The first-order chi connectivity index (χ1) is 12.3. The minimum Gasteiger partial charge on any atom is -0.314 e. The van der Waals surface area contributed by atoms with Crippen molar-refractivity contribution in [1.82, 2.24) is 12.9 Å². The molecule has 0 atom stereocenters. The Morgan fingerprint density at radius 3 is 2.58 bits per heavy atom. The minimum absolute atomic E-state index is 0.0989. The number of alkyl halides is 3. The van der Waals surface area contributed by atoms with E-state index in [0.29, 0.717) is 24.6 Å². The van der Waals surface area contributed by atoms with Crippen molar-refractivity contribution in [3.05, 3.63) is 46.7 Å². The molecule has 0 unspecified atom stereocenters. The zero-order valence-electron chi connectivity index (χ0n) is 13.8. The van der Waals surface area contributed by atoms with E-state index in [1.807, 2.05) is 0 Å². The van der Waals surface area contributed by atoms with Gasteiger partial charge in [-0.1, -0.05) is 12.1 Å². The number of hydrogen-bond acceptors (Lipinski definition) is 4. The minimum atomic E-state index is -4.36. The van der Waals surface area contributed by atoms with E-state index in [-0.39, 0.29) is 12.5 Å². The van der Waals surface area contributed by atoms with Gasteiger partial charge in [0, 0.05) is 54.6 Å². The number of hydrogen-bond donors (Lipinski definition) is 0. The standard InChI is InChI=1S/C17H16F3IN4O/c18-17(19,20)12-3-1-11(2-4-12)9-25-15(26)13-10-23(21)7-5-14(13)24-8-6-22-16(24)25/h1-4H,5-10H2. The molecule has 1 aromatic carbocycles. The van der Waals surface area contributed by atoms with Crippen LogP contribution >= 0.6 is 22.9 Å². The first kappa shape index (κ1) is 17.8. The van der Waals surface area contributed by atoms with Gasteiger partial charge < -0.3 is 4.90 Å². The van der Waals surface area contributed by atoms with Crippen LogP contribution in [0.5, 0.6) is 0 Å². The summed E-state index contributed by atoms with van der Waals surface area (Å²) in [7, 11) is 0. The molecule has 0 fully saturated rings. The van der Waals surface area contributed by atoms with Crippen LogP contribution in [0.25, 0.3) is 0 Å². The maximum absolute atomic E-state index is 13.0. The Kier molecular flexibility index (Phi) is 4.46. The van der Waals surface area contributed by atoms with E-state index >= 15 is 0 Å². The maximum atomic E-state index is 13.0. The van der Waals surface area contributed by atoms with E-state index in [1.165, 1.54) is 12.1 Å². The topological polar surface area (TPSA) is 39.2 Å². The molecule has 0 bridgehead atoms. The summed E-state index contributed by atoms with van der Waals surface area (Å²) in [6.45, 7) is 3.03. The first-order valence-electron chi connectivity index (χ1n) is 8.27. The number of rotatable bonds is 2. The smallest absolute Gasteiger partial charge is 0.314 e. The Labute approximate surface area is 162 Å². The lowest BCUT2D eigenvalue weighted by atomic mass is 10.0. The highest BCUT2D eigenvalue weighted by atomic mass is 127. The summed E-state index contributed by atoms with van der Waals surface area (Å²) in [6, 6.07) is 4.95. The molecule has 3 aliphatic heterocycles. The molecule has 0 aliphatic carbocycles. The van der Waals surface area contributed by atoms with Crippen molar-refractivity contribution in [2.45, 2.75) is 19.1 Å². The van der Waals surface area contributed by atoms with Gasteiger partial charge in [-0.25, -0.2) is 3.11 Å². The lowest BCUT2D eigenvalue weighted by Crippen LogP contribution is -2.52. The average molecular weight is 476 g/mol. The normalized spacial score (nSPS) is 21.1. The molecular weight excluding hydrogens is 460 g/mol. The number of carbonyl (C=O) groups excluding carboxylic acids is 1. The summed E-state index contributed by atoms with van der Waals surface area (Å²) in [5.41, 5.74) is 1.76. The predicted octanol–water partition coefficient (Wildman–Crippen LogP) is 3.03. The Hall–Kier alpha value is -1.62. The molecule has 1 amide bonds. The summed E-state index contributed by atoms with van der Waals surface area (Å²) in [4.78, 5) is 21.2. The SMILES string of the molecule is O=C1C2=C(CCN(I)C2)N2CCN=C2N1Cc1ccc(C(F)(F)F)cc1. The summed E-state index contributed by atoms with van der Waals surface area (Å²) in [6.07, 6.45) is -3.56. The quantitative estimate of drug-likeness (QED) is 0.487. The zero-order chi connectivity index (χ0) is 18.5. The number of benzene rings is 1. The van der Waals surface area contributed by atoms with E-state index in [4.69, 9.17) is 0 Å². The Bertz CT molecular complexity index is 803. The number of nitrogens with zero attached hydrogens (tertiary/aromatic N) is 4. The van der Waals surface area contributed by atoms with Crippen LogP contribution in [0.4, 0.5) is 13.2 Å². The molecule has 3 heterocycles. The fourth-order valence-electron chi connectivity index (χ4n) is 3.51. The maximum Gasteiger partial charge on any atom is 0.416 e. The summed E-state index contributed by atoms with van der Waals surface area (Å²) >= 11 is 2.21. The number of carbonyl (C=O) groups is 1. The van der Waals surface area contributed by atoms with Crippen LogP contribution in [-0.2, 0) is 17.5 Å². The molecule has 0 spiro atoms. The third-order valence-corrected chi connectivity index (χ3v) is 5.60. The van der Waals surface area contributed by atoms with Crippen LogP contribution in [0.1, 0.15) is 17.5 Å². The molecule has 26 heavy (non-hydrogen) atoms. The van der Waals surface area contributed by atoms with Crippen LogP contribution in [0, 0.1) is 0 Å². The Balaban J connectivity index is 1.62. The molecule has 138 valence electrons. The molecule has 0 saturated carbocycles. The molecule has 5 nitrogen and oxygen atoms in total. The van der Waals surface area contributed by atoms with E-state index in [0.717, 1.165) is 42.9 Å². The average Bonchev–Trinajstić information content (AvgIpc) is 3.08. The van der Waals surface area contributed by atoms with Crippen molar-refractivity contribution in [1.29, 1.82) is 0 Å². The lowest BCUT2D eigenvalue weighted by molar-refractivity contribution is -0.137. The van der Waals surface area contributed by atoms with Crippen LogP contribution in [0.2, 0.25) is 0 Å². The number of aliphatic imine (C=N–C) groups is 1. The van der Waals surface area contributed by atoms with Gasteiger partial charge >= 0.3 is 6.18 Å². The van der Waals surface area contributed by atoms with Crippen molar-refractivity contribution in [2.24, 2.45) is 4.99 Å². The van der Waals surface area contributed by atoms with Crippen molar-refractivity contribution >= 4 is 34.7 Å². The van der Waals surface area contributed by atoms with Crippen LogP contribution in [-0.4, -0.2) is 51.0 Å². The van der Waals surface area contributed by atoms with Gasteiger partial charge in [0.05, 0.1) is 24.2 Å². The number of halogens is 4. The van der Waals surface area contributed by atoms with E-state index in [9.17, 15) is 18.0 Å². The van der Waals surface area contributed by atoms with Crippen LogP contribution in [0.3, 0.4) is 0 Å². The van der Waals surface area contributed by atoms with Gasteiger partial charge in [0.15, 0.2) is 0 Å². The molecule has 1 aromatic rings. The lowest BCUT2D eigenvalue weighted by Gasteiger charge is -2.40. The molecule has 3 aliphatic rings. The summed E-state index contributed by atoms with van der Waals surface area (Å²) < 4.78 is 40.3. The van der Waals surface area contributed by atoms with Gasteiger partial charge in [-0.15, -0.1) is 0 Å². The molecule has 0 N–H and O–H groups in total. The van der Waals surface area contributed by atoms with Gasteiger partial charge in [-0.3, -0.25) is 14.7 Å². The van der Waals surface area contributed by atoms with Gasteiger partial charge in [0.2, 0.25) is 5.96 Å². The molecule has 9 heteroatoms. The third kappa shape index (κ3) is 3.11. The molecule has 0 saturated heterocycles. The highest BCUT2D eigenvalue weighted by Gasteiger charge is 2.40. The fraction of sp³-hybridized carbons (Fsp3) is 0.412. The second kappa shape index (κ2) is 6.52. The number of fused-ring (bicyclic) bond motifs is 2. The highest BCUT2D eigenvalue weighted by Crippen LogP contribution is 2.33.